The quantitative estimate of drug-likeness (QED) is 0.197. The number of nitrogens with zero attached hydrogens (tertiary/aromatic N) is 6. The topological polar surface area (TPSA) is 80.8 Å². The molecule has 224 valence electrons. The molecular weight excluding hydrogens is 580 g/mol. The Balaban J connectivity index is 1.29. The van der Waals surface area contributed by atoms with Crippen LogP contribution in [-0.2, 0) is 5.41 Å². The first-order valence-corrected chi connectivity index (χ1v) is 15.6. The molecule has 4 aromatic carbocycles. The molecule has 1 aliphatic rings. The molecule has 0 fully saturated rings. The van der Waals surface area contributed by atoms with Gasteiger partial charge in [0.05, 0.1) is 22.6 Å². The zero-order chi connectivity index (χ0) is 31.5. The number of hydrogen-bond acceptors (Lipinski definition) is 7. The maximum Gasteiger partial charge on any atom is 0.179 e. The number of pyridine rings is 2. The molecule has 0 aliphatic carbocycles. The van der Waals surface area contributed by atoms with Crippen LogP contribution in [0.4, 0.5) is 17.1 Å². The Bertz CT molecular complexity index is 2350. The van der Waals surface area contributed by atoms with Crippen LogP contribution in [0.2, 0.25) is 0 Å². The molecule has 0 saturated heterocycles. The maximum absolute atomic E-state index is 6.83. The van der Waals surface area contributed by atoms with E-state index >= 15 is 0 Å². The summed E-state index contributed by atoms with van der Waals surface area (Å²) in [5.74, 6) is 1.66. The van der Waals surface area contributed by atoms with Crippen LogP contribution in [0, 0.1) is 0 Å². The summed E-state index contributed by atoms with van der Waals surface area (Å²) >= 11 is 0. The van der Waals surface area contributed by atoms with Gasteiger partial charge in [-0.15, -0.1) is 0 Å². The van der Waals surface area contributed by atoms with Crippen molar-refractivity contribution in [2.75, 3.05) is 4.90 Å². The molecule has 0 radical (unpaired) electrons. The molecule has 7 nitrogen and oxygen atoms in total. The minimum absolute atomic E-state index is 0.177. The van der Waals surface area contributed by atoms with E-state index in [4.69, 9.17) is 29.3 Å². The lowest BCUT2D eigenvalue weighted by atomic mass is 9.73. The van der Waals surface area contributed by atoms with Crippen LogP contribution in [0.3, 0.4) is 0 Å². The van der Waals surface area contributed by atoms with Gasteiger partial charge in [0, 0.05) is 28.9 Å². The molecule has 8 aromatic rings. The van der Waals surface area contributed by atoms with Crippen molar-refractivity contribution in [1.29, 1.82) is 0 Å². The Morgan fingerprint density at radius 3 is 1.57 bits per heavy atom. The van der Waals surface area contributed by atoms with Crippen LogP contribution in [0.1, 0.15) is 25.0 Å². The summed E-state index contributed by atoms with van der Waals surface area (Å²) in [4.78, 5) is 26.6. The Morgan fingerprint density at radius 2 is 0.979 bits per heavy atom. The fourth-order valence-electron chi connectivity index (χ4n) is 6.74. The maximum atomic E-state index is 6.83. The van der Waals surface area contributed by atoms with Gasteiger partial charge in [-0.3, -0.25) is 9.97 Å². The second kappa shape index (κ2) is 10.4. The summed E-state index contributed by atoms with van der Waals surface area (Å²) in [5.41, 5.74) is 10.5. The van der Waals surface area contributed by atoms with Crippen molar-refractivity contribution in [2.45, 2.75) is 19.3 Å². The van der Waals surface area contributed by atoms with E-state index < -0.39 is 0 Å². The smallest absolute Gasteiger partial charge is 0.179 e. The van der Waals surface area contributed by atoms with Crippen molar-refractivity contribution >= 4 is 39.3 Å². The van der Waals surface area contributed by atoms with E-state index in [1.807, 2.05) is 79.0 Å². The monoisotopic (exact) mass is 608 g/mol. The normalized spacial score (nSPS) is 13.4. The lowest BCUT2D eigenvalue weighted by Gasteiger charge is -2.41. The van der Waals surface area contributed by atoms with Crippen LogP contribution >= 0.6 is 0 Å². The van der Waals surface area contributed by atoms with Gasteiger partial charge in [-0.05, 0) is 35.4 Å². The SMILES string of the molecule is CC1(C)c2ccccc2N(c2ccnc3c2oc2c(-c4nc(-c5ccccc5)nc(-c5ccccc5)n4)ccnc23)c2ccccc21. The standard InChI is InChI=1S/C40H28N6O/c1-40(2)28-17-9-11-19-30(28)46(31-20-12-10-18-29(31)40)32-22-24-42-34-33-35(47-36(32)34)27(21-23-41-33)39-44-37(25-13-5-3-6-14-25)43-38(45-39)26-15-7-4-8-16-26/h3-24H,1-2H3. The van der Waals surface area contributed by atoms with Gasteiger partial charge in [-0.25, -0.2) is 15.0 Å². The summed E-state index contributed by atoms with van der Waals surface area (Å²) in [6.07, 6.45) is 3.60. The summed E-state index contributed by atoms with van der Waals surface area (Å²) in [6.45, 7) is 4.56. The highest BCUT2D eigenvalue weighted by atomic mass is 16.3. The van der Waals surface area contributed by atoms with Gasteiger partial charge in [0.15, 0.2) is 28.6 Å². The molecule has 4 aromatic heterocycles. The van der Waals surface area contributed by atoms with Gasteiger partial charge >= 0.3 is 0 Å². The Morgan fingerprint density at radius 1 is 0.489 bits per heavy atom. The zero-order valence-corrected chi connectivity index (χ0v) is 25.8. The summed E-state index contributed by atoms with van der Waals surface area (Å²) < 4.78 is 6.83. The number of aromatic nitrogens is 5. The fraction of sp³-hybridized carbons (Fsp3) is 0.0750. The second-order valence-electron chi connectivity index (χ2n) is 12.2. The second-order valence-corrected chi connectivity index (χ2v) is 12.2. The molecule has 0 N–H and O–H groups in total. The number of fused-ring (bicyclic) bond motifs is 5. The highest BCUT2D eigenvalue weighted by Crippen LogP contribution is 2.53. The van der Waals surface area contributed by atoms with Crippen LogP contribution in [0.5, 0.6) is 0 Å². The lowest BCUT2D eigenvalue weighted by molar-refractivity contribution is 0.630. The molecule has 7 heteroatoms. The number of anilines is 3. The van der Waals surface area contributed by atoms with Crippen LogP contribution in [-0.4, -0.2) is 24.9 Å². The van der Waals surface area contributed by atoms with Gasteiger partial charge in [0.1, 0.15) is 11.0 Å². The van der Waals surface area contributed by atoms with Gasteiger partial charge in [-0.1, -0.05) is 111 Å². The Kier molecular flexibility index (Phi) is 6.02. The van der Waals surface area contributed by atoms with Crippen molar-refractivity contribution < 1.29 is 4.42 Å². The molecule has 0 atom stereocenters. The van der Waals surface area contributed by atoms with Crippen LogP contribution in [0.15, 0.2) is 138 Å². The predicted octanol–water partition coefficient (Wildman–Crippen LogP) is 9.67. The van der Waals surface area contributed by atoms with Gasteiger partial charge in [0.2, 0.25) is 0 Å². The first kappa shape index (κ1) is 27.1. The van der Waals surface area contributed by atoms with Gasteiger partial charge in [-0.2, -0.15) is 0 Å². The first-order valence-electron chi connectivity index (χ1n) is 15.6. The van der Waals surface area contributed by atoms with E-state index in [1.54, 1.807) is 6.20 Å². The molecule has 9 rings (SSSR count). The van der Waals surface area contributed by atoms with Crippen molar-refractivity contribution in [3.63, 3.8) is 0 Å². The molecule has 0 spiro atoms. The molecule has 0 saturated carbocycles. The largest absolute Gasteiger partial charge is 0.450 e. The average molecular weight is 609 g/mol. The van der Waals surface area contributed by atoms with Crippen molar-refractivity contribution in [2.24, 2.45) is 0 Å². The van der Waals surface area contributed by atoms with Crippen molar-refractivity contribution in [3.05, 3.63) is 145 Å². The molecule has 5 heterocycles. The lowest BCUT2D eigenvalue weighted by Crippen LogP contribution is -2.30. The van der Waals surface area contributed by atoms with E-state index in [1.165, 1.54) is 11.1 Å². The van der Waals surface area contributed by atoms with E-state index in [0.717, 1.165) is 33.8 Å². The zero-order valence-electron chi connectivity index (χ0n) is 25.8. The third-order valence-corrected chi connectivity index (χ3v) is 9.03. The molecule has 47 heavy (non-hydrogen) atoms. The third-order valence-electron chi connectivity index (χ3n) is 9.03. The van der Waals surface area contributed by atoms with E-state index in [-0.39, 0.29) is 5.41 Å². The number of rotatable bonds is 4. The van der Waals surface area contributed by atoms with Crippen molar-refractivity contribution in [3.8, 4) is 34.2 Å². The number of hydrogen-bond donors (Lipinski definition) is 0. The highest BCUT2D eigenvalue weighted by Gasteiger charge is 2.37. The molecule has 0 unspecified atom stereocenters. The minimum atomic E-state index is -0.177. The molecular formula is C40H28N6O. The first-order chi connectivity index (χ1) is 23.1. The summed E-state index contributed by atoms with van der Waals surface area (Å²) in [5, 5.41) is 0. The average Bonchev–Trinajstić information content (AvgIpc) is 3.52. The summed E-state index contributed by atoms with van der Waals surface area (Å²) in [6, 6.07) is 41.0. The van der Waals surface area contributed by atoms with E-state index in [0.29, 0.717) is 39.7 Å². The Hall–Kier alpha value is -6.21. The van der Waals surface area contributed by atoms with Gasteiger partial charge in [0.25, 0.3) is 0 Å². The fourth-order valence-corrected chi connectivity index (χ4v) is 6.74. The molecule has 0 bridgehead atoms. The van der Waals surface area contributed by atoms with Crippen LogP contribution < -0.4 is 4.90 Å². The predicted molar refractivity (Wildman–Crippen MR) is 186 cm³/mol. The van der Waals surface area contributed by atoms with Crippen LogP contribution in [0.25, 0.3) is 56.4 Å². The van der Waals surface area contributed by atoms with Crippen molar-refractivity contribution in [1.82, 2.24) is 24.9 Å². The number of para-hydroxylation sites is 2. The highest BCUT2D eigenvalue weighted by molar-refractivity contribution is 6.09. The third kappa shape index (κ3) is 4.24. The van der Waals surface area contributed by atoms with E-state index in [2.05, 4.69) is 67.3 Å². The molecule has 0 amide bonds. The van der Waals surface area contributed by atoms with Gasteiger partial charge < -0.3 is 9.32 Å². The Labute approximate surface area is 271 Å². The van der Waals surface area contributed by atoms with E-state index in [9.17, 15) is 0 Å². The summed E-state index contributed by atoms with van der Waals surface area (Å²) in [7, 11) is 0. The molecule has 1 aliphatic heterocycles. The number of furan rings is 1. The number of benzene rings is 4. The minimum Gasteiger partial charge on any atom is -0.450 e.